The number of benzene rings is 3. The van der Waals surface area contributed by atoms with E-state index < -0.39 is 5.60 Å². The Labute approximate surface area is 168 Å². The molecule has 4 rings (SSSR count). The van der Waals surface area contributed by atoms with Crippen LogP contribution in [0.1, 0.15) is 42.6 Å². The molecular formula is C26H29NO. The molecule has 1 aliphatic heterocycles. The average molecular weight is 372 g/mol. The van der Waals surface area contributed by atoms with Crippen LogP contribution in [0.3, 0.4) is 0 Å². The lowest BCUT2D eigenvalue weighted by molar-refractivity contribution is -0.110. The molecule has 1 unspecified atom stereocenters. The van der Waals surface area contributed by atoms with Crippen LogP contribution < -0.4 is 5.32 Å². The molecule has 5 atom stereocenters. The zero-order valence-corrected chi connectivity index (χ0v) is 16.6. The van der Waals surface area contributed by atoms with E-state index in [0.717, 1.165) is 0 Å². The monoisotopic (exact) mass is 371 g/mol. The van der Waals surface area contributed by atoms with Crippen molar-refractivity contribution < 1.29 is 5.11 Å². The molecule has 144 valence electrons. The van der Waals surface area contributed by atoms with E-state index in [4.69, 9.17) is 0 Å². The van der Waals surface area contributed by atoms with Gasteiger partial charge in [0.15, 0.2) is 0 Å². The minimum Gasteiger partial charge on any atom is -0.389 e. The summed E-state index contributed by atoms with van der Waals surface area (Å²) in [4.78, 5) is 0. The van der Waals surface area contributed by atoms with Crippen LogP contribution in [0, 0.1) is 11.8 Å². The maximum Gasteiger partial charge on any atom is 0.0774 e. The minimum atomic E-state index is -0.812. The summed E-state index contributed by atoms with van der Waals surface area (Å²) in [5.74, 6) is 0.148. The number of hydrogen-bond acceptors (Lipinski definition) is 2. The van der Waals surface area contributed by atoms with Crippen molar-refractivity contribution in [1.82, 2.24) is 5.32 Å². The van der Waals surface area contributed by atoms with Crippen LogP contribution in [0.2, 0.25) is 0 Å². The van der Waals surface area contributed by atoms with Crippen LogP contribution in [0.15, 0.2) is 91.0 Å². The van der Waals surface area contributed by atoms with E-state index in [-0.39, 0.29) is 23.9 Å². The summed E-state index contributed by atoms with van der Waals surface area (Å²) < 4.78 is 0. The highest BCUT2D eigenvalue weighted by atomic mass is 16.3. The molecule has 0 amide bonds. The van der Waals surface area contributed by atoms with Gasteiger partial charge in [0.1, 0.15) is 0 Å². The number of nitrogens with one attached hydrogen (secondary N) is 1. The highest BCUT2D eigenvalue weighted by molar-refractivity contribution is 5.29. The quantitative estimate of drug-likeness (QED) is 0.651. The number of rotatable bonds is 4. The predicted octanol–water partition coefficient (Wildman–Crippen LogP) is 5.32. The lowest BCUT2D eigenvalue weighted by atomic mass is 9.64. The Bertz CT molecular complexity index is 827. The molecule has 0 bridgehead atoms. The van der Waals surface area contributed by atoms with E-state index in [2.05, 4.69) is 92.0 Å². The van der Waals surface area contributed by atoms with E-state index in [1.807, 2.05) is 18.2 Å². The summed E-state index contributed by atoms with van der Waals surface area (Å²) in [5.41, 5.74) is 2.83. The van der Waals surface area contributed by atoms with Gasteiger partial charge in [-0.05, 0) is 16.7 Å². The zero-order valence-electron chi connectivity index (χ0n) is 16.6. The van der Waals surface area contributed by atoms with Gasteiger partial charge < -0.3 is 10.4 Å². The smallest absolute Gasteiger partial charge is 0.0774 e. The molecule has 2 nitrogen and oxygen atoms in total. The Morgan fingerprint density at radius 2 is 1.07 bits per heavy atom. The van der Waals surface area contributed by atoms with Gasteiger partial charge in [0, 0.05) is 30.3 Å². The van der Waals surface area contributed by atoms with Crippen LogP contribution in [0.25, 0.3) is 0 Å². The van der Waals surface area contributed by atoms with Gasteiger partial charge in [-0.1, -0.05) is 105 Å². The molecule has 3 aromatic carbocycles. The van der Waals surface area contributed by atoms with Crippen molar-refractivity contribution in [1.29, 1.82) is 0 Å². The SMILES string of the molecule is C[C@@H]1[C@@H](c2ccccc2)N[C@H](c2ccccc2)[C@H](C)C1(O)Cc1ccccc1. The van der Waals surface area contributed by atoms with Crippen LogP contribution in [-0.4, -0.2) is 10.7 Å². The molecule has 1 fully saturated rings. The predicted molar refractivity (Wildman–Crippen MR) is 115 cm³/mol. The summed E-state index contributed by atoms with van der Waals surface area (Å²) in [5, 5.41) is 16.0. The summed E-state index contributed by atoms with van der Waals surface area (Å²) in [6, 6.07) is 31.6. The van der Waals surface area contributed by atoms with Gasteiger partial charge in [0.05, 0.1) is 5.60 Å². The molecule has 0 saturated carbocycles. The number of hydrogen-bond donors (Lipinski definition) is 2. The highest BCUT2D eigenvalue weighted by Gasteiger charge is 2.51. The minimum absolute atomic E-state index is 0.0741. The molecule has 3 aromatic rings. The fraction of sp³-hybridized carbons (Fsp3) is 0.308. The Hall–Kier alpha value is -2.42. The highest BCUT2D eigenvalue weighted by Crippen LogP contribution is 2.48. The second kappa shape index (κ2) is 7.90. The fourth-order valence-corrected chi connectivity index (χ4v) is 4.81. The molecule has 0 spiro atoms. The Kier molecular flexibility index (Phi) is 5.34. The second-order valence-electron chi connectivity index (χ2n) is 8.17. The van der Waals surface area contributed by atoms with E-state index in [9.17, 15) is 5.11 Å². The lowest BCUT2D eigenvalue weighted by Gasteiger charge is -2.52. The summed E-state index contributed by atoms with van der Waals surface area (Å²) in [7, 11) is 0. The molecule has 0 radical (unpaired) electrons. The van der Waals surface area contributed by atoms with Crippen molar-refractivity contribution in [2.24, 2.45) is 11.8 Å². The number of piperidine rings is 1. The molecule has 1 aliphatic rings. The third-order valence-electron chi connectivity index (χ3n) is 6.58. The fourth-order valence-electron chi connectivity index (χ4n) is 4.81. The third-order valence-corrected chi connectivity index (χ3v) is 6.58. The van der Waals surface area contributed by atoms with Crippen LogP contribution in [-0.2, 0) is 6.42 Å². The standard InChI is InChI=1S/C26H29NO/c1-19-24(22-14-8-4-9-15-22)27-25(23-16-10-5-11-17-23)20(2)26(19,28)18-21-12-6-3-7-13-21/h3-17,19-20,24-25,27-28H,18H2,1-2H3/t19-,20+,24-,25-,26?/m0/s1. The molecule has 2 heteroatoms. The molecule has 0 aliphatic carbocycles. The maximum atomic E-state index is 12.1. The lowest BCUT2D eigenvalue weighted by Crippen LogP contribution is -2.58. The summed E-state index contributed by atoms with van der Waals surface area (Å²) >= 11 is 0. The van der Waals surface area contributed by atoms with E-state index in [1.54, 1.807) is 0 Å². The van der Waals surface area contributed by atoms with E-state index in [0.29, 0.717) is 6.42 Å². The van der Waals surface area contributed by atoms with Crippen molar-refractivity contribution in [2.45, 2.75) is 38.0 Å². The van der Waals surface area contributed by atoms with Gasteiger partial charge in [-0.25, -0.2) is 0 Å². The van der Waals surface area contributed by atoms with Crippen molar-refractivity contribution in [3.63, 3.8) is 0 Å². The zero-order chi connectivity index (χ0) is 19.6. The molecule has 1 saturated heterocycles. The Balaban J connectivity index is 1.76. The first kappa shape index (κ1) is 18.9. The van der Waals surface area contributed by atoms with E-state index in [1.165, 1.54) is 16.7 Å². The largest absolute Gasteiger partial charge is 0.389 e. The Morgan fingerprint density at radius 1 is 0.679 bits per heavy atom. The van der Waals surface area contributed by atoms with Gasteiger partial charge in [-0.2, -0.15) is 0 Å². The first-order valence-corrected chi connectivity index (χ1v) is 10.2. The van der Waals surface area contributed by atoms with Crippen LogP contribution >= 0.6 is 0 Å². The normalized spacial score (nSPS) is 30.1. The molecule has 28 heavy (non-hydrogen) atoms. The van der Waals surface area contributed by atoms with Crippen molar-refractivity contribution in [3.05, 3.63) is 108 Å². The van der Waals surface area contributed by atoms with Crippen LogP contribution in [0.5, 0.6) is 0 Å². The van der Waals surface area contributed by atoms with Gasteiger partial charge in [-0.3, -0.25) is 0 Å². The topological polar surface area (TPSA) is 32.3 Å². The third kappa shape index (κ3) is 3.50. The molecule has 0 aromatic heterocycles. The molecular weight excluding hydrogens is 342 g/mol. The van der Waals surface area contributed by atoms with Crippen molar-refractivity contribution >= 4 is 0 Å². The van der Waals surface area contributed by atoms with Gasteiger partial charge in [0.2, 0.25) is 0 Å². The summed E-state index contributed by atoms with van der Waals surface area (Å²) in [6.45, 7) is 4.37. The van der Waals surface area contributed by atoms with Gasteiger partial charge in [0.25, 0.3) is 0 Å². The average Bonchev–Trinajstić information content (AvgIpc) is 2.75. The van der Waals surface area contributed by atoms with Gasteiger partial charge in [-0.15, -0.1) is 0 Å². The maximum absolute atomic E-state index is 12.1. The van der Waals surface area contributed by atoms with Crippen LogP contribution in [0.4, 0.5) is 0 Å². The summed E-state index contributed by atoms with van der Waals surface area (Å²) in [6.07, 6.45) is 0.657. The van der Waals surface area contributed by atoms with Gasteiger partial charge >= 0.3 is 0 Å². The van der Waals surface area contributed by atoms with Crippen molar-refractivity contribution in [3.8, 4) is 0 Å². The number of aliphatic hydroxyl groups is 1. The second-order valence-corrected chi connectivity index (χ2v) is 8.17. The van der Waals surface area contributed by atoms with Crippen molar-refractivity contribution in [2.75, 3.05) is 0 Å². The molecule has 2 N–H and O–H groups in total. The first-order chi connectivity index (χ1) is 13.6. The molecule has 1 heterocycles. The first-order valence-electron chi connectivity index (χ1n) is 10.2. The Morgan fingerprint density at radius 3 is 1.50 bits per heavy atom. The van der Waals surface area contributed by atoms with E-state index >= 15 is 0 Å².